The minimum absolute atomic E-state index is 0.195. The van der Waals surface area contributed by atoms with Crippen molar-refractivity contribution in [2.24, 2.45) is 0 Å². The van der Waals surface area contributed by atoms with Gasteiger partial charge in [0.25, 0.3) is 10.0 Å². The maximum absolute atomic E-state index is 12.2. The van der Waals surface area contributed by atoms with Gasteiger partial charge in [-0.25, -0.2) is 13.4 Å². The van der Waals surface area contributed by atoms with Crippen LogP contribution in [0.4, 0.5) is 0 Å². The van der Waals surface area contributed by atoms with Crippen LogP contribution in [0.3, 0.4) is 0 Å². The van der Waals surface area contributed by atoms with E-state index in [1.165, 1.54) is 19.0 Å². The van der Waals surface area contributed by atoms with Crippen LogP contribution in [-0.4, -0.2) is 62.1 Å². The molecular weight excluding hydrogens is 294 g/mol. The highest BCUT2D eigenvalue weighted by Gasteiger charge is 2.22. The van der Waals surface area contributed by atoms with Gasteiger partial charge in [-0.15, -0.1) is 4.83 Å². The molecule has 0 bridgehead atoms. The summed E-state index contributed by atoms with van der Waals surface area (Å²) >= 11 is 0. The maximum Gasteiger partial charge on any atom is 0.256 e. The zero-order valence-electron chi connectivity index (χ0n) is 11.9. The van der Waals surface area contributed by atoms with Crippen LogP contribution in [0, 0.1) is 0 Å². The van der Waals surface area contributed by atoms with Crippen molar-refractivity contribution in [2.75, 3.05) is 32.8 Å². The van der Waals surface area contributed by atoms with Crippen molar-refractivity contribution in [3.05, 3.63) is 12.4 Å². The van der Waals surface area contributed by atoms with Gasteiger partial charge in [0, 0.05) is 31.9 Å². The molecule has 0 unspecified atom stereocenters. The van der Waals surface area contributed by atoms with Crippen molar-refractivity contribution in [3.63, 3.8) is 0 Å². The number of nitrogens with one attached hydrogen (secondary N) is 2. The Kier molecular flexibility index (Phi) is 4.55. The third-order valence-electron chi connectivity index (χ3n) is 3.53. The smallest absolute Gasteiger partial charge is 0.256 e. The van der Waals surface area contributed by atoms with Gasteiger partial charge < -0.3 is 10.1 Å². The SMILES string of the molecule is O=S(=O)(NN1CCOCC1)c1cnn(CCNC2CC2)c1. The lowest BCUT2D eigenvalue weighted by Gasteiger charge is -2.26. The number of hydrazine groups is 1. The van der Waals surface area contributed by atoms with Crippen LogP contribution >= 0.6 is 0 Å². The Balaban J connectivity index is 1.55. The third kappa shape index (κ3) is 4.24. The van der Waals surface area contributed by atoms with Gasteiger partial charge in [-0.3, -0.25) is 4.68 Å². The molecule has 1 saturated heterocycles. The van der Waals surface area contributed by atoms with E-state index in [1.807, 2.05) is 0 Å². The van der Waals surface area contributed by atoms with Crippen LogP contribution < -0.4 is 10.1 Å². The van der Waals surface area contributed by atoms with Crippen LogP contribution in [0.15, 0.2) is 17.3 Å². The van der Waals surface area contributed by atoms with Crippen molar-refractivity contribution >= 4 is 10.0 Å². The van der Waals surface area contributed by atoms with Crippen molar-refractivity contribution in [1.29, 1.82) is 0 Å². The Labute approximate surface area is 124 Å². The molecule has 21 heavy (non-hydrogen) atoms. The molecule has 0 radical (unpaired) electrons. The lowest BCUT2D eigenvalue weighted by molar-refractivity contribution is 0.0272. The molecule has 0 spiro atoms. The second kappa shape index (κ2) is 6.41. The molecule has 0 amide bonds. The molecule has 118 valence electrons. The van der Waals surface area contributed by atoms with E-state index in [0.717, 1.165) is 6.54 Å². The molecule has 0 aromatic carbocycles. The summed E-state index contributed by atoms with van der Waals surface area (Å²) in [5.74, 6) is 0. The van der Waals surface area contributed by atoms with E-state index >= 15 is 0 Å². The van der Waals surface area contributed by atoms with E-state index in [2.05, 4.69) is 15.2 Å². The average molecular weight is 315 g/mol. The first-order chi connectivity index (χ1) is 10.1. The summed E-state index contributed by atoms with van der Waals surface area (Å²) < 4.78 is 31.3. The fourth-order valence-electron chi connectivity index (χ4n) is 2.15. The molecule has 8 nitrogen and oxygen atoms in total. The molecule has 0 atom stereocenters. The highest BCUT2D eigenvalue weighted by Crippen LogP contribution is 2.18. The minimum atomic E-state index is -3.55. The summed E-state index contributed by atoms with van der Waals surface area (Å²) in [7, 11) is -3.55. The molecule has 1 aliphatic carbocycles. The lowest BCUT2D eigenvalue weighted by Crippen LogP contribution is -2.48. The molecule has 2 heterocycles. The molecule has 1 aromatic rings. The molecular formula is C12H21N5O3S. The van der Waals surface area contributed by atoms with Crippen LogP contribution in [0.5, 0.6) is 0 Å². The highest BCUT2D eigenvalue weighted by atomic mass is 32.2. The first-order valence-electron chi connectivity index (χ1n) is 7.24. The van der Waals surface area contributed by atoms with Crippen LogP contribution in [0.25, 0.3) is 0 Å². The summed E-state index contributed by atoms with van der Waals surface area (Å²) in [4.78, 5) is 2.76. The maximum atomic E-state index is 12.2. The summed E-state index contributed by atoms with van der Waals surface area (Å²) in [6.45, 7) is 3.66. The second-order valence-electron chi connectivity index (χ2n) is 5.36. The third-order valence-corrected chi connectivity index (χ3v) is 4.86. The molecule has 9 heteroatoms. The quantitative estimate of drug-likeness (QED) is 0.682. The molecule has 1 saturated carbocycles. The number of aromatic nitrogens is 2. The highest BCUT2D eigenvalue weighted by molar-refractivity contribution is 7.89. The molecule has 2 N–H and O–H groups in total. The fourth-order valence-corrected chi connectivity index (χ4v) is 3.23. The van der Waals surface area contributed by atoms with Crippen molar-refractivity contribution in [3.8, 4) is 0 Å². The number of sulfonamides is 1. The van der Waals surface area contributed by atoms with E-state index in [9.17, 15) is 8.42 Å². The van der Waals surface area contributed by atoms with Gasteiger partial charge in [-0.2, -0.15) is 5.10 Å². The average Bonchev–Trinajstić information content (AvgIpc) is 3.15. The predicted molar refractivity (Wildman–Crippen MR) is 76.0 cm³/mol. The standard InChI is InChI=1S/C12H21N5O3S/c18-21(19,15-16-5-7-20-8-6-16)12-9-14-17(10-12)4-3-13-11-1-2-11/h9-11,13,15H,1-8H2. The summed E-state index contributed by atoms with van der Waals surface area (Å²) in [6, 6.07) is 0.645. The van der Waals surface area contributed by atoms with Gasteiger partial charge in [0.15, 0.2) is 0 Å². The molecule has 1 aliphatic heterocycles. The Morgan fingerprint density at radius 3 is 2.81 bits per heavy atom. The summed E-state index contributed by atoms with van der Waals surface area (Å²) in [5.41, 5.74) is 0. The van der Waals surface area contributed by atoms with Gasteiger partial charge in [0.1, 0.15) is 4.90 Å². The van der Waals surface area contributed by atoms with Gasteiger partial charge in [-0.1, -0.05) is 0 Å². The monoisotopic (exact) mass is 315 g/mol. The topological polar surface area (TPSA) is 88.5 Å². The first kappa shape index (κ1) is 14.9. The Morgan fingerprint density at radius 1 is 1.33 bits per heavy atom. The van der Waals surface area contributed by atoms with Gasteiger partial charge in [0.2, 0.25) is 0 Å². The Hall–Kier alpha value is -1.00. The normalized spacial score (nSPS) is 20.8. The number of morpholine rings is 1. The van der Waals surface area contributed by atoms with E-state index in [4.69, 9.17) is 4.74 Å². The summed E-state index contributed by atoms with van der Waals surface area (Å²) in [6.07, 6.45) is 5.43. The number of hydrogen-bond acceptors (Lipinski definition) is 6. The van der Waals surface area contributed by atoms with Crippen LogP contribution in [0.1, 0.15) is 12.8 Å². The van der Waals surface area contributed by atoms with Gasteiger partial charge >= 0.3 is 0 Å². The van der Waals surface area contributed by atoms with E-state index in [1.54, 1.807) is 15.9 Å². The van der Waals surface area contributed by atoms with Crippen molar-refractivity contribution in [2.45, 2.75) is 30.3 Å². The van der Waals surface area contributed by atoms with E-state index in [0.29, 0.717) is 38.9 Å². The van der Waals surface area contributed by atoms with Gasteiger partial charge in [0.05, 0.1) is 26.0 Å². The number of rotatable bonds is 7. The first-order valence-corrected chi connectivity index (χ1v) is 8.73. The zero-order valence-corrected chi connectivity index (χ0v) is 12.7. The fraction of sp³-hybridized carbons (Fsp3) is 0.750. The van der Waals surface area contributed by atoms with Crippen molar-refractivity contribution in [1.82, 2.24) is 24.9 Å². The van der Waals surface area contributed by atoms with Crippen LogP contribution in [-0.2, 0) is 21.3 Å². The Bertz CT molecular complexity index is 563. The molecule has 2 aliphatic rings. The molecule has 2 fully saturated rings. The Morgan fingerprint density at radius 2 is 2.10 bits per heavy atom. The van der Waals surface area contributed by atoms with E-state index in [-0.39, 0.29) is 4.90 Å². The molecule has 1 aromatic heterocycles. The number of ether oxygens (including phenoxy) is 1. The second-order valence-corrected chi connectivity index (χ2v) is 7.02. The zero-order chi connectivity index (χ0) is 14.7. The van der Waals surface area contributed by atoms with Crippen LogP contribution in [0.2, 0.25) is 0 Å². The van der Waals surface area contributed by atoms with E-state index < -0.39 is 10.0 Å². The number of nitrogens with zero attached hydrogens (tertiary/aromatic N) is 3. The lowest BCUT2D eigenvalue weighted by atomic mass is 10.5. The number of hydrogen-bond donors (Lipinski definition) is 2. The molecule has 3 rings (SSSR count). The van der Waals surface area contributed by atoms with Gasteiger partial charge in [-0.05, 0) is 12.8 Å². The largest absolute Gasteiger partial charge is 0.379 e. The van der Waals surface area contributed by atoms with Crippen molar-refractivity contribution < 1.29 is 13.2 Å². The predicted octanol–water partition coefficient (Wildman–Crippen LogP) is -0.839. The minimum Gasteiger partial charge on any atom is -0.379 e. The summed E-state index contributed by atoms with van der Waals surface area (Å²) in [5, 5.41) is 9.14.